The van der Waals surface area contributed by atoms with Gasteiger partial charge in [0, 0.05) is 29.5 Å². The predicted octanol–water partition coefficient (Wildman–Crippen LogP) is 4.83. The largest absolute Gasteiger partial charge is 0.455 e. The molecule has 1 fully saturated rings. The highest BCUT2D eigenvalue weighted by atomic mass is 35.5. The minimum Gasteiger partial charge on any atom is -0.455 e. The lowest BCUT2D eigenvalue weighted by Gasteiger charge is -2.20. The minimum atomic E-state index is -4.65. The first-order valence-electron chi connectivity index (χ1n) is 12.3. The van der Waals surface area contributed by atoms with Gasteiger partial charge in [0.15, 0.2) is 11.7 Å². The molecule has 3 heterocycles. The highest BCUT2D eigenvalue weighted by Crippen LogP contribution is 2.42. The maximum absolute atomic E-state index is 15.2. The predicted molar refractivity (Wildman–Crippen MR) is 147 cm³/mol. The molecule has 2 aromatic heterocycles. The summed E-state index contributed by atoms with van der Waals surface area (Å²) in [6, 6.07) is 8.50. The maximum atomic E-state index is 15.2. The van der Waals surface area contributed by atoms with Crippen molar-refractivity contribution in [1.29, 1.82) is 0 Å². The number of aromatic nitrogens is 4. The summed E-state index contributed by atoms with van der Waals surface area (Å²) in [5.74, 6) is -1.99. The first kappa shape index (κ1) is 29.6. The van der Waals surface area contributed by atoms with Crippen LogP contribution in [0, 0.1) is 15.9 Å². The van der Waals surface area contributed by atoms with E-state index in [-0.39, 0.29) is 38.2 Å². The van der Waals surface area contributed by atoms with Crippen LogP contribution in [0.25, 0.3) is 11.1 Å². The van der Waals surface area contributed by atoms with Gasteiger partial charge in [-0.3, -0.25) is 0 Å². The van der Waals surface area contributed by atoms with Crippen LogP contribution in [-0.2, 0) is 21.5 Å². The van der Waals surface area contributed by atoms with E-state index in [1.54, 1.807) is 0 Å². The van der Waals surface area contributed by atoms with Gasteiger partial charge in [-0.05, 0) is 60.6 Å². The van der Waals surface area contributed by atoms with E-state index in [1.807, 2.05) is 0 Å². The molecule has 5 rings (SSSR count). The SMILES string of the molecule is O=[N+]([O-])c1nn(C2CCCCO2)cc1-c1cc(Cl)ccc1Oc1cc(F)c(S(=O)(=O)/N=c2\cccnn2CO)cc1Cl. The Bertz CT molecular complexity index is 1840. The van der Waals surface area contributed by atoms with Crippen LogP contribution >= 0.6 is 23.2 Å². The highest BCUT2D eigenvalue weighted by Gasteiger charge is 2.30. The van der Waals surface area contributed by atoms with Crippen LogP contribution in [0.15, 0.2) is 64.2 Å². The van der Waals surface area contributed by atoms with Gasteiger partial charge in [-0.2, -0.15) is 18.2 Å². The van der Waals surface area contributed by atoms with Crippen molar-refractivity contribution in [3.05, 3.63) is 86.3 Å². The molecule has 17 heteroatoms. The van der Waals surface area contributed by atoms with Crippen molar-refractivity contribution in [1.82, 2.24) is 19.6 Å². The van der Waals surface area contributed by atoms with Crippen LogP contribution in [0.3, 0.4) is 0 Å². The summed E-state index contributed by atoms with van der Waals surface area (Å²) < 4.78 is 58.3. The number of hydrogen-bond acceptors (Lipinski definition) is 9. The number of aliphatic hydroxyl groups is 1. The first-order chi connectivity index (χ1) is 20.1. The second-order valence-electron chi connectivity index (χ2n) is 8.97. The Kier molecular flexibility index (Phi) is 8.56. The fraction of sp³-hybridized carbons (Fsp3) is 0.240. The van der Waals surface area contributed by atoms with E-state index in [0.29, 0.717) is 13.0 Å². The smallest absolute Gasteiger partial charge is 0.398 e. The number of ether oxygens (including phenoxy) is 2. The molecule has 0 spiro atoms. The average molecular weight is 639 g/mol. The second-order valence-corrected chi connectivity index (χ2v) is 11.4. The Balaban J connectivity index is 1.54. The standard InChI is InChI=1S/C25H21Cl2FN6O7S/c26-15-6-7-20(16(10-15)17-13-32(30-25(17)34(36)37)24-5-1-2-9-40-24)41-21-12-19(28)22(11-18(21)27)42(38,39)31-23-4-3-8-29-33(23)14-35/h3-4,6-8,10-13,24,35H,1-2,5,9,14H2/b31-23+. The Morgan fingerprint density at radius 1 is 1.19 bits per heavy atom. The number of benzene rings is 2. The van der Waals surface area contributed by atoms with E-state index < -0.39 is 44.4 Å². The number of nitro groups is 1. The van der Waals surface area contributed by atoms with Gasteiger partial charge in [-0.1, -0.05) is 23.2 Å². The van der Waals surface area contributed by atoms with E-state index in [0.717, 1.165) is 29.7 Å². The number of hydrogen-bond donors (Lipinski definition) is 1. The topological polar surface area (TPSA) is 164 Å². The summed E-state index contributed by atoms with van der Waals surface area (Å²) in [6.07, 6.45) is 4.62. The van der Waals surface area contributed by atoms with Crippen molar-refractivity contribution in [3.8, 4) is 22.6 Å². The van der Waals surface area contributed by atoms with Crippen LogP contribution in [0.4, 0.5) is 10.2 Å². The van der Waals surface area contributed by atoms with E-state index >= 15 is 4.39 Å². The summed E-state index contributed by atoms with van der Waals surface area (Å²) in [4.78, 5) is 10.4. The van der Waals surface area contributed by atoms with Crippen LogP contribution in [-0.4, -0.2) is 44.6 Å². The lowest BCUT2D eigenvalue weighted by atomic mass is 10.1. The average Bonchev–Trinajstić information content (AvgIpc) is 3.42. The molecular weight excluding hydrogens is 618 g/mol. The summed E-state index contributed by atoms with van der Waals surface area (Å²) in [5.41, 5.74) is -0.0260. The van der Waals surface area contributed by atoms with Crippen LogP contribution in [0.2, 0.25) is 10.0 Å². The van der Waals surface area contributed by atoms with Crippen molar-refractivity contribution in [2.75, 3.05) is 6.61 Å². The highest BCUT2D eigenvalue weighted by molar-refractivity contribution is 7.90. The molecule has 1 unspecified atom stereocenters. The van der Waals surface area contributed by atoms with E-state index in [9.17, 15) is 23.6 Å². The molecule has 42 heavy (non-hydrogen) atoms. The lowest BCUT2D eigenvalue weighted by Crippen LogP contribution is -2.24. The van der Waals surface area contributed by atoms with Crippen molar-refractivity contribution >= 4 is 39.0 Å². The molecule has 1 aliphatic heterocycles. The molecule has 0 bridgehead atoms. The van der Waals surface area contributed by atoms with Gasteiger partial charge in [0.1, 0.15) is 34.5 Å². The molecule has 0 saturated carbocycles. The van der Waals surface area contributed by atoms with Gasteiger partial charge in [-0.25, -0.2) is 9.07 Å². The van der Waals surface area contributed by atoms with Gasteiger partial charge >= 0.3 is 5.82 Å². The molecule has 220 valence electrons. The fourth-order valence-electron chi connectivity index (χ4n) is 4.25. The molecule has 13 nitrogen and oxygen atoms in total. The van der Waals surface area contributed by atoms with Crippen LogP contribution in [0.1, 0.15) is 25.5 Å². The molecule has 4 aromatic rings. The molecule has 1 saturated heterocycles. The number of halogens is 3. The number of rotatable bonds is 8. The third-order valence-electron chi connectivity index (χ3n) is 6.20. The zero-order valence-corrected chi connectivity index (χ0v) is 23.8. The van der Waals surface area contributed by atoms with Crippen molar-refractivity contribution in [2.24, 2.45) is 4.40 Å². The van der Waals surface area contributed by atoms with E-state index in [4.69, 9.17) is 32.7 Å². The van der Waals surface area contributed by atoms with Crippen LogP contribution in [0.5, 0.6) is 11.5 Å². The molecule has 1 aliphatic rings. The summed E-state index contributed by atoms with van der Waals surface area (Å²) in [5, 5.41) is 29.1. The zero-order chi connectivity index (χ0) is 30.0. The summed E-state index contributed by atoms with van der Waals surface area (Å²) in [6.45, 7) is -0.175. The van der Waals surface area contributed by atoms with Gasteiger partial charge in [0.2, 0.25) is 0 Å². The zero-order valence-electron chi connectivity index (χ0n) is 21.4. The Morgan fingerprint density at radius 3 is 2.71 bits per heavy atom. The Labute approximate surface area is 247 Å². The van der Waals surface area contributed by atoms with Gasteiger partial charge in [0.05, 0.1) is 16.3 Å². The quantitative estimate of drug-likeness (QED) is 0.210. The van der Waals surface area contributed by atoms with Gasteiger partial charge in [0.25, 0.3) is 10.0 Å². The molecule has 1 atom stereocenters. The number of aliphatic hydroxyl groups excluding tert-OH is 1. The van der Waals surface area contributed by atoms with Crippen molar-refractivity contribution < 1.29 is 32.3 Å². The van der Waals surface area contributed by atoms with E-state index in [2.05, 4.69) is 14.6 Å². The molecule has 0 aliphatic carbocycles. The minimum absolute atomic E-state index is 0.00700. The molecular formula is C25H21Cl2FN6O7S. The molecule has 1 N–H and O–H groups in total. The number of nitrogens with zero attached hydrogens (tertiary/aromatic N) is 6. The lowest BCUT2D eigenvalue weighted by molar-refractivity contribution is -0.389. The Morgan fingerprint density at radius 2 is 2.00 bits per heavy atom. The van der Waals surface area contributed by atoms with Crippen molar-refractivity contribution in [2.45, 2.75) is 37.1 Å². The number of sulfonamides is 1. The van der Waals surface area contributed by atoms with Crippen molar-refractivity contribution in [3.63, 3.8) is 0 Å². The maximum Gasteiger partial charge on any atom is 0.398 e. The second kappa shape index (κ2) is 12.1. The molecule has 0 radical (unpaired) electrons. The normalized spacial score (nSPS) is 16.0. The van der Waals surface area contributed by atoms with Crippen LogP contribution < -0.4 is 10.2 Å². The summed E-state index contributed by atoms with van der Waals surface area (Å²) >= 11 is 12.5. The van der Waals surface area contributed by atoms with Gasteiger partial charge in [-0.15, -0.1) is 4.40 Å². The summed E-state index contributed by atoms with van der Waals surface area (Å²) in [7, 11) is -4.65. The molecule has 2 aromatic carbocycles. The fourth-order valence-corrected chi connectivity index (χ4v) is 5.76. The third-order valence-corrected chi connectivity index (χ3v) is 8.03. The third kappa shape index (κ3) is 6.15. The molecule has 0 amide bonds. The monoisotopic (exact) mass is 638 g/mol. The Hall–Kier alpha value is -3.89. The first-order valence-corrected chi connectivity index (χ1v) is 14.5. The van der Waals surface area contributed by atoms with Gasteiger partial charge < -0.3 is 24.7 Å². The van der Waals surface area contributed by atoms with E-state index in [1.165, 1.54) is 47.4 Å².